The molecule has 1 aliphatic carbocycles. The first-order valence-electron chi connectivity index (χ1n) is 13.6. The van der Waals surface area contributed by atoms with E-state index in [2.05, 4.69) is 128 Å². The van der Waals surface area contributed by atoms with Gasteiger partial charge in [-0.25, -0.2) is 0 Å². The van der Waals surface area contributed by atoms with Crippen molar-refractivity contribution in [3.8, 4) is 16.8 Å². The minimum Gasteiger partial charge on any atom is -0.454 e. The van der Waals surface area contributed by atoms with E-state index >= 15 is 0 Å². The lowest BCUT2D eigenvalue weighted by atomic mass is 9.82. The first-order chi connectivity index (χ1) is 19.1. The van der Waals surface area contributed by atoms with Gasteiger partial charge in [0.2, 0.25) is 0 Å². The predicted molar refractivity (Wildman–Crippen MR) is 163 cm³/mol. The molecule has 0 unspecified atom stereocenters. The molecule has 0 saturated carbocycles. The van der Waals surface area contributed by atoms with Crippen molar-refractivity contribution in [3.63, 3.8) is 0 Å². The molecule has 2 heteroatoms. The highest BCUT2D eigenvalue weighted by Crippen LogP contribution is 2.52. The zero-order chi connectivity index (χ0) is 25.9. The van der Waals surface area contributed by atoms with Crippen LogP contribution in [0.3, 0.4) is 0 Å². The monoisotopic (exact) mass is 499 g/mol. The average molecular weight is 500 g/mol. The van der Waals surface area contributed by atoms with Crippen molar-refractivity contribution in [3.05, 3.63) is 126 Å². The number of para-hydroxylation sites is 3. The highest BCUT2D eigenvalue weighted by Gasteiger charge is 2.36. The highest BCUT2D eigenvalue weighted by atomic mass is 16.3. The molecule has 0 spiro atoms. The molecule has 2 aromatic heterocycles. The van der Waals surface area contributed by atoms with Crippen LogP contribution in [0.25, 0.3) is 71.3 Å². The van der Waals surface area contributed by atoms with E-state index in [9.17, 15) is 0 Å². The minimum absolute atomic E-state index is 0.0139. The number of aromatic nitrogens is 1. The van der Waals surface area contributed by atoms with E-state index < -0.39 is 0 Å². The van der Waals surface area contributed by atoms with Gasteiger partial charge in [0.05, 0.1) is 16.7 Å². The van der Waals surface area contributed by atoms with Crippen LogP contribution in [0.1, 0.15) is 25.0 Å². The Labute approximate surface area is 225 Å². The highest BCUT2D eigenvalue weighted by molar-refractivity contribution is 6.24. The summed E-state index contributed by atoms with van der Waals surface area (Å²) in [6.07, 6.45) is 0. The summed E-state index contributed by atoms with van der Waals surface area (Å²) in [6.45, 7) is 4.70. The molecule has 184 valence electrons. The van der Waals surface area contributed by atoms with Crippen LogP contribution >= 0.6 is 0 Å². The number of fused-ring (bicyclic) bond motifs is 12. The van der Waals surface area contributed by atoms with Gasteiger partial charge < -0.3 is 8.98 Å². The molecular formula is C37H25NO. The molecule has 0 N–H and O–H groups in total. The van der Waals surface area contributed by atoms with Crippen LogP contribution in [0.2, 0.25) is 0 Å². The van der Waals surface area contributed by atoms with Crippen molar-refractivity contribution in [1.82, 2.24) is 4.57 Å². The molecule has 0 amide bonds. The van der Waals surface area contributed by atoms with Crippen LogP contribution in [0.15, 0.2) is 120 Å². The lowest BCUT2D eigenvalue weighted by Gasteiger charge is -2.21. The lowest BCUT2D eigenvalue weighted by molar-refractivity contribution is 0.661. The first kappa shape index (κ1) is 21.2. The van der Waals surface area contributed by atoms with Gasteiger partial charge in [-0.3, -0.25) is 0 Å². The van der Waals surface area contributed by atoms with E-state index in [1.54, 1.807) is 0 Å². The molecule has 0 atom stereocenters. The molecule has 8 aromatic rings. The van der Waals surface area contributed by atoms with Crippen LogP contribution in [-0.2, 0) is 5.41 Å². The van der Waals surface area contributed by atoms with Crippen molar-refractivity contribution in [2.24, 2.45) is 0 Å². The third-order valence-electron chi connectivity index (χ3n) is 9.00. The van der Waals surface area contributed by atoms with Gasteiger partial charge in [-0.15, -0.1) is 0 Å². The smallest absolute Gasteiger partial charge is 0.159 e. The Kier molecular flexibility index (Phi) is 3.89. The van der Waals surface area contributed by atoms with E-state index in [0.717, 1.165) is 27.6 Å². The largest absolute Gasteiger partial charge is 0.454 e. The number of benzene rings is 6. The molecule has 6 aromatic carbocycles. The Hall–Kier alpha value is -4.82. The molecule has 2 nitrogen and oxygen atoms in total. The van der Waals surface area contributed by atoms with Crippen molar-refractivity contribution in [2.75, 3.05) is 0 Å². The molecule has 0 fully saturated rings. The number of hydrogen-bond donors (Lipinski definition) is 0. The molecule has 1 aliphatic rings. The van der Waals surface area contributed by atoms with E-state index in [1.807, 2.05) is 6.07 Å². The number of rotatable bonds is 1. The second-order valence-electron chi connectivity index (χ2n) is 11.3. The average Bonchev–Trinajstić information content (AvgIpc) is 3.59. The fourth-order valence-corrected chi connectivity index (χ4v) is 7.24. The van der Waals surface area contributed by atoms with Gasteiger partial charge in [-0.2, -0.15) is 0 Å². The van der Waals surface area contributed by atoms with Crippen molar-refractivity contribution in [2.45, 2.75) is 19.3 Å². The predicted octanol–water partition coefficient (Wildman–Crippen LogP) is 10.1. The third kappa shape index (κ3) is 2.56. The Morgan fingerprint density at radius 2 is 1.28 bits per heavy atom. The molecule has 0 bridgehead atoms. The maximum Gasteiger partial charge on any atom is 0.159 e. The lowest BCUT2D eigenvalue weighted by Crippen LogP contribution is -2.14. The molecule has 0 aliphatic heterocycles. The van der Waals surface area contributed by atoms with Crippen LogP contribution in [-0.4, -0.2) is 4.57 Å². The summed E-state index contributed by atoms with van der Waals surface area (Å²) in [7, 11) is 0. The van der Waals surface area contributed by atoms with Gasteiger partial charge in [0.15, 0.2) is 5.58 Å². The Balaban J connectivity index is 1.44. The van der Waals surface area contributed by atoms with Crippen molar-refractivity contribution in [1.29, 1.82) is 0 Å². The summed E-state index contributed by atoms with van der Waals surface area (Å²) in [6, 6.07) is 41.9. The number of hydrogen-bond acceptors (Lipinski definition) is 1. The van der Waals surface area contributed by atoms with Crippen LogP contribution in [0.5, 0.6) is 0 Å². The summed E-state index contributed by atoms with van der Waals surface area (Å²) in [4.78, 5) is 0. The van der Waals surface area contributed by atoms with E-state index in [-0.39, 0.29) is 5.41 Å². The van der Waals surface area contributed by atoms with Gasteiger partial charge in [0.1, 0.15) is 5.58 Å². The van der Waals surface area contributed by atoms with Gasteiger partial charge in [-0.1, -0.05) is 105 Å². The van der Waals surface area contributed by atoms with Gasteiger partial charge >= 0.3 is 0 Å². The van der Waals surface area contributed by atoms with E-state index in [0.29, 0.717) is 0 Å². The molecule has 0 saturated heterocycles. The molecule has 0 radical (unpaired) electrons. The van der Waals surface area contributed by atoms with Crippen molar-refractivity contribution >= 4 is 54.5 Å². The Morgan fingerprint density at radius 3 is 2.21 bits per heavy atom. The maximum atomic E-state index is 6.49. The fourth-order valence-electron chi connectivity index (χ4n) is 7.24. The number of nitrogens with zero attached hydrogens (tertiary/aromatic N) is 1. The topological polar surface area (TPSA) is 18.1 Å². The Morgan fingerprint density at radius 1 is 0.538 bits per heavy atom. The number of furan rings is 1. The SMILES string of the molecule is CC1(C)c2ccccc2-c2c1ccc1c2ccc2c1c1ccccc1n2-c1cccc2c1oc1ccccc12. The van der Waals surface area contributed by atoms with E-state index in [4.69, 9.17) is 4.42 Å². The summed E-state index contributed by atoms with van der Waals surface area (Å²) in [5, 5.41) is 7.47. The summed E-state index contributed by atoms with van der Waals surface area (Å²) in [5.41, 5.74) is 10.8. The van der Waals surface area contributed by atoms with Crippen LogP contribution in [0, 0.1) is 0 Å². The zero-order valence-corrected chi connectivity index (χ0v) is 21.8. The minimum atomic E-state index is -0.0139. The van der Waals surface area contributed by atoms with Gasteiger partial charge in [-0.05, 0) is 57.3 Å². The molecule has 39 heavy (non-hydrogen) atoms. The zero-order valence-electron chi connectivity index (χ0n) is 21.8. The van der Waals surface area contributed by atoms with E-state index in [1.165, 1.54) is 54.8 Å². The quantitative estimate of drug-likeness (QED) is 0.220. The summed E-state index contributed by atoms with van der Waals surface area (Å²) < 4.78 is 8.88. The summed E-state index contributed by atoms with van der Waals surface area (Å²) in [5.74, 6) is 0. The second kappa shape index (κ2) is 7.18. The van der Waals surface area contributed by atoms with Gasteiger partial charge in [0.25, 0.3) is 0 Å². The standard InChI is InChI=1S/C37H25NO/c1-37(2)28-14-6-3-11-26(28)34-23-19-21-31-35(24(23)18-20-29(34)37)27-12-4-7-15-30(27)38(31)32-16-9-13-25-22-10-5-8-17-33(22)39-36(25)32/h3-21H,1-2H3. The summed E-state index contributed by atoms with van der Waals surface area (Å²) >= 11 is 0. The normalized spacial score (nSPS) is 14.1. The first-order valence-corrected chi connectivity index (χ1v) is 13.6. The van der Waals surface area contributed by atoms with Crippen LogP contribution in [0.4, 0.5) is 0 Å². The molecule has 9 rings (SSSR count). The van der Waals surface area contributed by atoms with Gasteiger partial charge in [0, 0.05) is 27.0 Å². The van der Waals surface area contributed by atoms with Crippen LogP contribution < -0.4 is 0 Å². The molecular weight excluding hydrogens is 474 g/mol. The fraction of sp³-hybridized carbons (Fsp3) is 0.0811. The Bertz CT molecular complexity index is 2310. The maximum absolute atomic E-state index is 6.49. The van der Waals surface area contributed by atoms with Crippen molar-refractivity contribution < 1.29 is 4.42 Å². The third-order valence-corrected chi connectivity index (χ3v) is 9.00. The molecule has 2 heterocycles. The second-order valence-corrected chi connectivity index (χ2v) is 11.3.